The van der Waals surface area contributed by atoms with Gasteiger partial charge in [0, 0.05) is 26.7 Å². The van der Waals surface area contributed by atoms with Gasteiger partial charge in [0.2, 0.25) is 12.2 Å². The molecule has 2 unspecified atom stereocenters. The second-order valence-electron chi connectivity index (χ2n) is 8.73. The topological polar surface area (TPSA) is 96.3 Å². The monoisotopic (exact) mass is 545 g/mol. The van der Waals surface area contributed by atoms with Crippen LogP contribution in [0.1, 0.15) is 66.2 Å². The SMILES string of the molecule is CCCCOCC12O[C@H](OC(=N)C(Cl)(Cl)Cl)[C@H](OC(C)=O)C1[C@@H](OCCCC)[C@@H]2OCCCC. The van der Waals surface area contributed by atoms with Crippen LogP contribution >= 0.6 is 34.8 Å². The summed E-state index contributed by atoms with van der Waals surface area (Å²) in [6, 6.07) is 0. The smallest absolute Gasteiger partial charge is 0.303 e. The molecule has 2 rings (SSSR count). The summed E-state index contributed by atoms with van der Waals surface area (Å²) in [6.07, 6.45) is 2.64. The van der Waals surface area contributed by atoms with E-state index < -0.39 is 51.8 Å². The molecule has 0 aromatic rings. The number of alkyl halides is 3. The van der Waals surface area contributed by atoms with E-state index in [0.717, 1.165) is 38.5 Å². The van der Waals surface area contributed by atoms with Gasteiger partial charge in [-0.2, -0.15) is 0 Å². The third-order valence-corrected chi connectivity index (χ3v) is 6.54. The van der Waals surface area contributed by atoms with Gasteiger partial charge in [-0.3, -0.25) is 10.2 Å². The quantitative estimate of drug-likeness (QED) is 0.0992. The predicted octanol–water partition coefficient (Wildman–Crippen LogP) is 5.19. The predicted molar refractivity (Wildman–Crippen MR) is 131 cm³/mol. The molecule has 0 aromatic carbocycles. The van der Waals surface area contributed by atoms with Crippen LogP contribution in [0.4, 0.5) is 0 Å². The van der Waals surface area contributed by atoms with Crippen molar-refractivity contribution in [2.24, 2.45) is 5.92 Å². The first-order chi connectivity index (χ1) is 16.1. The Kier molecular flexibility index (Phi) is 12.1. The Hall–Kier alpha value is -0.350. The molecule has 0 spiro atoms. The van der Waals surface area contributed by atoms with Crippen molar-refractivity contribution in [1.29, 1.82) is 5.41 Å². The highest BCUT2D eigenvalue weighted by molar-refractivity contribution is 6.76. The number of hydrogen-bond acceptors (Lipinski definition) is 8. The first kappa shape index (κ1) is 29.9. The van der Waals surface area contributed by atoms with Crippen LogP contribution in [0.5, 0.6) is 0 Å². The molecule has 6 atom stereocenters. The van der Waals surface area contributed by atoms with E-state index in [-0.39, 0.29) is 6.61 Å². The van der Waals surface area contributed by atoms with Crippen LogP contribution in [-0.4, -0.2) is 72.3 Å². The summed E-state index contributed by atoms with van der Waals surface area (Å²) in [4.78, 5) is 12.0. The van der Waals surface area contributed by atoms with Gasteiger partial charge in [0.15, 0.2) is 6.10 Å². The number of nitrogens with one attached hydrogen (secondary N) is 1. The summed E-state index contributed by atoms with van der Waals surface area (Å²) in [5, 5.41) is 8.03. The zero-order valence-electron chi connectivity index (χ0n) is 20.4. The van der Waals surface area contributed by atoms with Gasteiger partial charge < -0.3 is 28.4 Å². The molecular weight excluding hydrogens is 509 g/mol. The molecule has 1 heterocycles. The molecule has 2 fully saturated rings. The zero-order valence-corrected chi connectivity index (χ0v) is 22.7. The van der Waals surface area contributed by atoms with Gasteiger partial charge in [0.05, 0.1) is 18.6 Å². The maximum Gasteiger partial charge on any atom is 0.303 e. The lowest BCUT2D eigenvalue weighted by Gasteiger charge is -2.55. The first-order valence-electron chi connectivity index (χ1n) is 12.1. The van der Waals surface area contributed by atoms with E-state index in [1.54, 1.807) is 0 Å². The number of hydrogen-bond donors (Lipinski definition) is 1. The van der Waals surface area contributed by atoms with Crippen LogP contribution in [0.2, 0.25) is 0 Å². The number of fused-ring (bicyclic) bond motifs is 1. The molecule has 0 bridgehead atoms. The van der Waals surface area contributed by atoms with Crippen LogP contribution in [0, 0.1) is 11.3 Å². The van der Waals surface area contributed by atoms with E-state index in [1.807, 2.05) is 0 Å². The van der Waals surface area contributed by atoms with E-state index in [9.17, 15) is 4.79 Å². The molecular formula is C23H38Cl3NO7. The molecule has 8 nitrogen and oxygen atoms in total. The maximum absolute atomic E-state index is 12.0. The number of unbranched alkanes of at least 4 members (excludes halogenated alkanes) is 3. The van der Waals surface area contributed by atoms with Gasteiger partial charge in [-0.1, -0.05) is 74.8 Å². The lowest BCUT2D eigenvalue weighted by atomic mass is 9.63. The average Bonchev–Trinajstić information content (AvgIpc) is 3.00. The second kappa shape index (κ2) is 13.8. The Bertz CT molecular complexity index is 663. The Balaban J connectivity index is 2.36. The highest BCUT2D eigenvalue weighted by Crippen LogP contribution is 2.55. The van der Waals surface area contributed by atoms with E-state index in [4.69, 9.17) is 68.6 Å². The molecule has 1 aliphatic carbocycles. The summed E-state index contributed by atoms with van der Waals surface area (Å²) in [7, 11) is 0. The van der Waals surface area contributed by atoms with Crippen molar-refractivity contribution in [2.45, 2.75) is 100 Å². The number of carbonyl (C=O) groups is 1. The minimum Gasteiger partial charge on any atom is -0.455 e. The normalized spacial score (nSPS) is 30.5. The molecule has 0 radical (unpaired) electrons. The Labute approximate surface area is 217 Å². The molecule has 1 aliphatic heterocycles. The van der Waals surface area contributed by atoms with Crippen LogP contribution < -0.4 is 0 Å². The molecule has 1 saturated carbocycles. The highest BCUT2D eigenvalue weighted by Gasteiger charge is 2.75. The van der Waals surface area contributed by atoms with Crippen molar-refractivity contribution in [1.82, 2.24) is 0 Å². The standard InChI is InChI=1S/C23H38Cl3NO7/c1-5-8-11-29-14-22-16(17(30-12-9-6-2)19(22)31-13-10-7-3)18(32-15(4)28)20(34-22)33-21(27)23(24,25)26/h16-20,27H,5-14H2,1-4H3/t16?,17-,18-,19+,20+,22?/m1/s1. The average molecular weight is 547 g/mol. The van der Waals surface area contributed by atoms with Crippen molar-refractivity contribution >= 4 is 46.7 Å². The zero-order chi connectivity index (χ0) is 25.4. The molecule has 0 amide bonds. The van der Waals surface area contributed by atoms with E-state index >= 15 is 0 Å². The van der Waals surface area contributed by atoms with Crippen LogP contribution in [0.25, 0.3) is 0 Å². The molecule has 11 heteroatoms. The molecule has 198 valence electrons. The Morgan fingerprint density at radius 1 is 0.941 bits per heavy atom. The molecule has 34 heavy (non-hydrogen) atoms. The number of esters is 1. The highest BCUT2D eigenvalue weighted by atomic mass is 35.6. The fourth-order valence-corrected chi connectivity index (χ4v) is 4.44. The van der Waals surface area contributed by atoms with Crippen LogP contribution in [0.3, 0.4) is 0 Å². The lowest BCUT2D eigenvalue weighted by Crippen LogP contribution is -2.73. The summed E-state index contributed by atoms with van der Waals surface area (Å²) in [6.45, 7) is 9.34. The largest absolute Gasteiger partial charge is 0.455 e. The van der Waals surface area contributed by atoms with Crippen molar-refractivity contribution in [2.75, 3.05) is 26.4 Å². The van der Waals surface area contributed by atoms with Crippen molar-refractivity contribution in [3.8, 4) is 0 Å². The van der Waals surface area contributed by atoms with Gasteiger partial charge in [0.1, 0.15) is 11.7 Å². The number of carbonyl (C=O) groups excluding carboxylic acids is 1. The first-order valence-corrected chi connectivity index (χ1v) is 13.2. The minimum absolute atomic E-state index is 0.195. The number of rotatable bonds is 15. The van der Waals surface area contributed by atoms with Crippen molar-refractivity contribution in [3.05, 3.63) is 0 Å². The molecule has 2 aliphatic rings. The molecule has 1 N–H and O–H groups in total. The molecule has 0 aromatic heterocycles. The fraction of sp³-hybridized carbons (Fsp3) is 0.913. The maximum atomic E-state index is 12.0. The third-order valence-electron chi connectivity index (χ3n) is 6.02. The van der Waals surface area contributed by atoms with Gasteiger partial charge in [-0.25, -0.2) is 0 Å². The summed E-state index contributed by atoms with van der Waals surface area (Å²) in [5.74, 6) is -1.59. The Morgan fingerprint density at radius 2 is 1.53 bits per heavy atom. The van der Waals surface area contributed by atoms with Crippen molar-refractivity contribution in [3.63, 3.8) is 0 Å². The summed E-state index contributed by atoms with van der Waals surface area (Å²) < 4.78 is 33.9. The van der Waals surface area contributed by atoms with E-state index in [0.29, 0.717) is 19.8 Å². The van der Waals surface area contributed by atoms with Gasteiger partial charge >= 0.3 is 5.97 Å². The number of halogens is 3. The van der Waals surface area contributed by atoms with Crippen LogP contribution in [-0.2, 0) is 33.2 Å². The summed E-state index contributed by atoms with van der Waals surface area (Å²) in [5.41, 5.74) is -0.989. The number of ether oxygens (including phenoxy) is 6. The minimum atomic E-state index is -2.09. The van der Waals surface area contributed by atoms with Gasteiger partial charge in [-0.15, -0.1) is 0 Å². The van der Waals surface area contributed by atoms with Gasteiger partial charge in [0.25, 0.3) is 3.79 Å². The van der Waals surface area contributed by atoms with Crippen LogP contribution in [0.15, 0.2) is 0 Å². The van der Waals surface area contributed by atoms with Crippen molar-refractivity contribution < 1.29 is 33.2 Å². The third kappa shape index (κ3) is 7.34. The van der Waals surface area contributed by atoms with E-state index in [1.165, 1.54) is 6.92 Å². The van der Waals surface area contributed by atoms with Gasteiger partial charge in [-0.05, 0) is 19.3 Å². The second-order valence-corrected chi connectivity index (χ2v) is 11.0. The van der Waals surface area contributed by atoms with E-state index in [2.05, 4.69) is 20.8 Å². The fourth-order valence-electron chi connectivity index (χ4n) is 4.31. The Morgan fingerprint density at radius 3 is 2.09 bits per heavy atom. The molecule has 1 saturated heterocycles. The lowest BCUT2D eigenvalue weighted by molar-refractivity contribution is -0.304. The summed E-state index contributed by atoms with van der Waals surface area (Å²) >= 11 is 17.5.